The molecule has 10 heteroatoms. The predicted molar refractivity (Wildman–Crippen MR) is 68.6 cm³/mol. The van der Waals surface area contributed by atoms with Crippen molar-refractivity contribution < 1.29 is 34.8 Å². The number of anilines is 1. The lowest BCUT2D eigenvalue weighted by atomic mass is 10.2. The Bertz CT molecular complexity index is 828. The highest BCUT2D eigenvalue weighted by Crippen LogP contribution is 2.32. The van der Waals surface area contributed by atoms with E-state index in [4.69, 9.17) is 0 Å². The quantitative estimate of drug-likeness (QED) is 0.849. The van der Waals surface area contributed by atoms with Gasteiger partial charge in [0.1, 0.15) is 17.5 Å². The fourth-order valence-corrected chi connectivity index (χ4v) is 2.94. The van der Waals surface area contributed by atoms with E-state index in [1.807, 2.05) is 0 Å². The monoisotopic (exact) mass is 355 g/mol. The normalized spacial score (nSPS) is 12.3. The topological polar surface area (TPSA) is 46.2 Å². The molecule has 0 saturated heterocycles. The summed E-state index contributed by atoms with van der Waals surface area (Å²) in [7, 11) is -4.89. The molecule has 3 nitrogen and oxygen atoms in total. The third-order valence-electron chi connectivity index (χ3n) is 2.66. The maximum atomic E-state index is 13.5. The van der Waals surface area contributed by atoms with Crippen molar-refractivity contribution in [2.24, 2.45) is 0 Å². The Morgan fingerprint density at radius 3 is 2.00 bits per heavy atom. The fourth-order valence-electron chi connectivity index (χ4n) is 1.76. The maximum Gasteiger partial charge on any atom is 0.416 e. The van der Waals surface area contributed by atoms with Crippen LogP contribution in [-0.4, -0.2) is 8.42 Å². The Balaban J connectivity index is 2.48. The molecular formula is C13H7F6NO2S. The van der Waals surface area contributed by atoms with Gasteiger partial charge in [-0.15, -0.1) is 0 Å². The number of rotatable bonds is 3. The summed E-state index contributed by atoms with van der Waals surface area (Å²) < 4.78 is 103. The molecule has 0 aliphatic heterocycles. The van der Waals surface area contributed by atoms with Crippen LogP contribution in [0.15, 0.2) is 41.3 Å². The van der Waals surface area contributed by atoms with Crippen LogP contribution in [0.1, 0.15) is 5.56 Å². The number of nitrogens with one attached hydrogen (secondary N) is 1. The third-order valence-corrected chi connectivity index (χ3v) is 4.10. The van der Waals surface area contributed by atoms with Gasteiger partial charge in [-0.3, -0.25) is 4.72 Å². The fraction of sp³-hybridized carbons (Fsp3) is 0.0769. The second-order valence-corrected chi connectivity index (χ2v) is 6.00. The molecule has 1 N–H and O–H groups in total. The van der Waals surface area contributed by atoms with Crippen molar-refractivity contribution in [1.82, 2.24) is 0 Å². The molecule has 2 aromatic carbocycles. The smallest absolute Gasteiger partial charge is 0.279 e. The summed E-state index contributed by atoms with van der Waals surface area (Å²) in [6.45, 7) is 0. The lowest BCUT2D eigenvalue weighted by Crippen LogP contribution is -2.17. The zero-order valence-electron chi connectivity index (χ0n) is 11.0. The first kappa shape index (κ1) is 17.1. The van der Waals surface area contributed by atoms with Crippen LogP contribution in [0.5, 0.6) is 0 Å². The van der Waals surface area contributed by atoms with Crippen molar-refractivity contribution in [3.63, 3.8) is 0 Å². The molecule has 0 aliphatic rings. The Kier molecular flexibility index (Phi) is 4.29. The van der Waals surface area contributed by atoms with Gasteiger partial charge in [0.2, 0.25) is 0 Å². The first-order valence-corrected chi connectivity index (χ1v) is 7.33. The molecule has 0 unspecified atom stereocenters. The zero-order valence-corrected chi connectivity index (χ0v) is 11.8. The SMILES string of the molecule is O=S(=O)(Nc1cc(F)cc(C(F)(F)F)c1)c1c(F)cccc1F. The van der Waals surface area contributed by atoms with Gasteiger partial charge in [-0.25, -0.2) is 21.6 Å². The van der Waals surface area contributed by atoms with Gasteiger partial charge in [0, 0.05) is 0 Å². The van der Waals surface area contributed by atoms with Gasteiger partial charge >= 0.3 is 6.18 Å². The number of sulfonamides is 1. The van der Waals surface area contributed by atoms with Crippen molar-refractivity contribution in [2.45, 2.75) is 11.1 Å². The highest BCUT2D eigenvalue weighted by molar-refractivity contribution is 7.92. The summed E-state index contributed by atoms with van der Waals surface area (Å²) in [5, 5.41) is 0. The molecule has 0 radical (unpaired) electrons. The first-order valence-electron chi connectivity index (χ1n) is 5.85. The van der Waals surface area contributed by atoms with Gasteiger partial charge in [-0.1, -0.05) is 6.07 Å². The molecule has 0 aromatic heterocycles. The lowest BCUT2D eigenvalue weighted by Gasteiger charge is -2.12. The summed E-state index contributed by atoms with van der Waals surface area (Å²) in [6, 6.07) is 3.13. The summed E-state index contributed by atoms with van der Waals surface area (Å²) in [6.07, 6.45) is -4.93. The molecule has 0 amide bonds. The van der Waals surface area contributed by atoms with Gasteiger partial charge < -0.3 is 0 Å². The van der Waals surface area contributed by atoms with Crippen LogP contribution in [0.4, 0.5) is 32.0 Å². The third kappa shape index (κ3) is 3.76. The van der Waals surface area contributed by atoms with Crippen molar-refractivity contribution in [3.8, 4) is 0 Å². The molecule has 0 aliphatic carbocycles. The van der Waals surface area contributed by atoms with Crippen LogP contribution in [0.3, 0.4) is 0 Å². The lowest BCUT2D eigenvalue weighted by molar-refractivity contribution is -0.137. The van der Waals surface area contributed by atoms with E-state index in [1.54, 1.807) is 0 Å². The van der Waals surface area contributed by atoms with Gasteiger partial charge in [0.25, 0.3) is 10.0 Å². The molecular weight excluding hydrogens is 348 g/mol. The molecule has 0 fully saturated rings. The van der Waals surface area contributed by atoms with Crippen LogP contribution in [-0.2, 0) is 16.2 Å². The summed E-state index contributed by atoms with van der Waals surface area (Å²) in [5.74, 6) is -4.25. The van der Waals surface area contributed by atoms with E-state index in [2.05, 4.69) is 0 Å². The van der Waals surface area contributed by atoms with Crippen LogP contribution in [0, 0.1) is 17.5 Å². The van der Waals surface area contributed by atoms with Crippen LogP contribution < -0.4 is 4.72 Å². The average molecular weight is 355 g/mol. The Labute approximate surface area is 126 Å². The molecule has 2 rings (SSSR count). The Morgan fingerprint density at radius 1 is 0.913 bits per heavy atom. The molecule has 0 bridgehead atoms. The molecule has 124 valence electrons. The first-order chi connectivity index (χ1) is 10.5. The number of hydrogen-bond acceptors (Lipinski definition) is 2. The number of alkyl halides is 3. The number of benzene rings is 2. The van der Waals surface area contributed by atoms with Gasteiger partial charge in [-0.05, 0) is 30.3 Å². The predicted octanol–water partition coefficient (Wildman–Crippen LogP) is 3.92. The number of halogens is 6. The maximum absolute atomic E-state index is 13.5. The highest BCUT2D eigenvalue weighted by Gasteiger charge is 2.32. The molecule has 2 aromatic rings. The van der Waals surface area contributed by atoms with E-state index in [0.717, 1.165) is 6.07 Å². The van der Waals surface area contributed by atoms with Crippen molar-refractivity contribution in [1.29, 1.82) is 0 Å². The van der Waals surface area contributed by atoms with E-state index >= 15 is 0 Å². The van der Waals surface area contributed by atoms with E-state index in [0.29, 0.717) is 24.3 Å². The molecule has 0 saturated carbocycles. The van der Waals surface area contributed by atoms with E-state index in [-0.39, 0.29) is 6.07 Å². The molecule has 0 atom stereocenters. The van der Waals surface area contributed by atoms with Crippen LogP contribution in [0.25, 0.3) is 0 Å². The molecule has 0 spiro atoms. The summed E-state index contributed by atoms with van der Waals surface area (Å²) >= 11 is 0. The summed E-state index contributed by atoms with van der Waals surface area (Å²) in [5.41, 5.74) is -2.27. The van der Waals surface area contributed by atoms with Gasteiger partial charge in [0.15, 0.2) is 4.90 Å². The minimum absolute atomic E-state index is 0.154. The van der Waals surface area contributed by atoms with E-state index in [1.165, 1.54) is 4.72 Å². The minimum Gasteiger partial charge on any atom is -0.279 e. The largest absolute Gasteiger partial charge is 0.416 e. The second-order valence-electron chi connectivity index (χ2n) is 4.38. The zero-order chi connectivity index (χ0) is 17.4. The van der Waals surface area contributed by atoms with E-state index < -0.39 is 49.8 Å². The van der Waals surface area contributed by atoms with Crippen molar-refractivity contribution in [2.75, 3.05) is 4.72 Å². The van der Waals surface area contributed by atoms with E-state index in [9.17, 15) is 34.8 Å². The Morgan fingerprint density at radius 2 is 1.48 bits per heavy atom. The number of hydrogen-bond donors (Lipinski definition) is 1. The van der Waals surface area contributed by atoms with Crippen LogP contribution in [0.2, 0.25) is 0 Å². The summed E-state index contributed by atoms with van der Waals surface area (Å²) in [4.78, 5) is -1.38. The second kappa shape index (κ2) is 5.76. The Hall–Kier alpha value is -2.23. The van der Waals surface area contributed by atoms with Gasteiger partial charge in [0.05, 0.1) is 11.3 Å². The standard InChI is InChI=1S/C13H7F6NO2S/c14-8-4-7(13(17,18)19)5-9(6-8)20-23(21,22)12-10(15)2-1-3-11(12)16/h1-6,20H. The molecule has 23 heavy (non-hydrogen) atoms. The average Bonchev–Trinajstić information content (AvgIpc) is 2.35. The van der Waals surface area contributed by atoms with Gasteiger partial charge in [-0.2, -0.15) is 13.2 Å². The van der Waals surface area contributed by atoms with Crippen molar-refractivity contribution in [3.05, 3.63) is 59.4 Å². The molecule has 0 heterocycles. The van der Waals surface area contributed by atoms with Crippen molar-refractivity contribution >= 4 is 15.7 Å². The highest BCUT2D eigenvalue weighted by atomic mass is 32.2. The van der Waals surface area contributed by atoms with Crippen LogP contribution >= 0.6 is 0 Å². The minimum atomic E-state index is -4.93.